The normalized spacial score (nSPS) is 17.6. The Hall–Kier alpha value is -1.40. The van der Waals surface area contributed by atoms with Gasteiger partial charge < -0.3 is 14.5 Å². The van der Waals surface area contributed by atoms with Crippen LogP contribution in [-0.4, -0.2) is 58.3 Å². The molecule has 6 heteroatoms. The van der Waals surface area contributed by atoms with Gasteiger partial charge in [-0.2, -0.15) is 0 Å². The largest absolute Gasteiger partial charge is 0.393 e. The number of hydrogen-bond donors (Lipinski definition) is 1. The topological polar surface area (TPSA) is 69.8 Å². The van der Waals surface area contributed by atoms with Crippen molar-refractivity contribution in [3.63, 3.8) is 0 Å². The highest BCUT2D eigenvalue weighted by atomic mass is 16.5. The van der Waals surface area contributed by atoms with Crippen LogP contribution in [0.5, 0.6) is 0 Å². The number of amides is 1. The lowest BCUT2D eigenvalue weighted by Crippen LogP contribution is -2.35. The van der Waals surface area contributed by atoms with E-state index in [-0.39, 0.29) is 18.1 Å². The molecule has 0 saturated carbocycles. The van der Waals surface area contributed by atoms with E-state index in [1.165, 1.54) is 0 Å². The number of carbonyl (C=O) groups is 1. The quantitative estimate of drug-likeness (QED) is 0.895. The molecular weight excluding hydrogens is 258 g/mol. The average Bonchev–Trinajstić information content (AvgIpc) is 2.88. The molecule has 2 heterocycles. The molecule has 1 aromatic rings. The summed E-state index contributed by atoms with van der Waals surface area (Å²) in [5.41, 5.74) is 0.355. The minimum Gasteiger partial charge on any atom is -0.393 e. The predicted octanol–water partition coefficient (Wildman–Crippen LogP) is 1.11. The van der Waals surface area contributed by atoms with Crippen LogP contribution in [0.15, 0.2) is 10.6 Å². The second kappa shape index (κ2) is 6.37. The van der Waals surface area contributed by atoms with Gasteiger partial charge in [-0.25, -0.2) is 0 Å². The van der Waals surface area contributed by atoms with Gasteiger partial charge in [-0.1, -0.05) is 5.16 Å². The van der Waals surface area contributed by atoms with Gasteiger partial charge in [0, 0.05) is 32.2 Å². The number of likely N-dealkylation sites (tertiary alicyclic amines) is 1. The number of nitrogens with zero attached hydrogens (tertiary/aromatic N) is 3. The van der Waals surface area contributed by atoms with E-state index in [0.29, 0.717) is 18.0 Å². The first kappa shape index (κ1) is 15.0. The van der Waals surface area contributed by atoms with Crippen LogP contribution >= 0.6 is 0 Å². The third kappa shape index (κ3) is 3.58. The zero-order chi connectivity index (χ0) is 14.7. The van der Waals surface area contributed by atoms with Crippen LogP contribution in [0.3, 0.4) is 0 Å². The van der Waals surface area contributed by atoms with Crippen molar-refractivity contribution >= 4 is 5.91 Å². The summed E-state index contributed by atoms with van der Waals surface area (Å²) < 4.78 is 5.24. The third-order valence-corrected chi connectivity index (χ3v) is 3.81. The molecule has 0 aromatic carbocycles. The molecule has 1 aromatic heterocycles. The van der Waals surface area contributed by atoms with E-state index in [1.54, 1.807) is 18.0 Å². The highest BCUT2D eigenvalue weighted by molar-refractivity contribution is 5.92. The SMILES string of the molecule is CC(C)N(C)C(=O)c1cc(CN2CCC(O)CC2)on1. The summed E-state index contributed by atoms with van der Waals surface area (Å²) in [5, 5.41) is 13.3. The number of hydrogen-bond acceptors (Lipinski definition) is 5. The van der Waals surface area contributed by atoms with Gasteiger partial charge in [0.05, 0.1) is 12.6 Å². The van der Waals surface area contributed by atoms with Gasteiger partial charge in [0.15, 0.2) is 11.5 Å². The number of rotatable bonds is 4. The molecule has 0 bridgehead atoms. The van der Waals surface area contributed by atoms with Crippen LogP contribution in [0.1, 0.15) is 42.9 Å². The van der Waals surface area contributed by atoms with Crippen molar-refractivity contribution in [2.45, 2.75) is 45.4 Å². The van der Waals surface area contributed by atoms with Gasteiger partial charge in [0.2, 0.25) is 0 Å². The molecule has 112 valence electrons. The smallest absolute Gasteiger partial charge is 0.276 e. The molecule has 1 amide bonds. The molecular formula is C14H23N3O3. The van der Waals surface area contributed by atoms with E-state index in [0.717, 1.165) is 25.9 Å². The van der Waals surface area contributed by atoms with Crippen LogP contribution in [0.2, 0.25) is 0 Å². The summed E-state index contributed by atoms with van der Waals surface area (Å²) in [6.07, 6.45) is 1.39. The number of aliphatic hydroxyl groups excluding tert-OH is 1. The van der Waals surface area contributed by atoms with Crippen molar-refractivity contribution in [2.75, 3.05) is 20.1 Å². The fourth-order valence-corrected chi connectivity index (χ4v) is 2.20. The molecule has 0 aliphatic carbocycles. The van der Waals surface area contributed by atoms with E-state index in [9.17, 15) is 9.90 Å². The van der Waals surface area contributed by atoms with Gasteiger partial charge in [-0.05, 0) is 26.7 Å². The zero-order valence-electron chi connectivity index (χ0n) is 12.4. The molecule has 0 radical (unpaired) electrons. The maximum atomic E-state index is 12.1. The molecule has 0 atom stereocenters. The molecule has 20 heavy (non-hydrogen) atoms. The highest BCUT2D eigenvalue weighted by Crippen LogP contribution is 2.15. The Balaban J connectivity index is 1.94. The first-order valence-electron chi connectivity index (χ1n) is 7.10. The molecule has 1 saturated heterocycles. The lowest BCUT2D eigenvalue weighted by Gasteiger charge is -2.28. The fraction of sp³-hybridized carbons (Fsp3) is 0.714. The second-order valence-electron chi connectivity index (χ2n) is 5.70. The number of carbonyl (C=O) groups excluding carboxylic acids is 1. The molecule has 1 aliphatic heterocycles. The molecule has 1 fully saturated rings. The van der Waals surface area contributed by atoms with Crippen molar-refractivity contribution in [3.8, 4) is 0 Å². The second-order valence-corrected chi connectivity index (χ2v) is 5.70. The Morgan fingerprint density at radius 3 is 2.80 bits per heavy atom. The van der Waals surface area contributed by atoms with Crippen LogP contribution in [0, 0.1) is 0 Å². The average molecular weight is 281 g/mol. The Morgan fingerprint density at radius 1 is 1.55 bits per heavy atom. The predicted molar refractivity (Wildman–Crippen MR) is 74.3 cm³/mol. The van der Waals surface area contributed by atoms with Gasteiger partial charge in [0.1, 0.15) is 0 Å². The minimum atomic E-state index is -0.183. The maximum absolute atomic E-state index is 12.1. The zero-order valence-corrected chi connectivity index (χ0v) is 12.4. The Kier molecular flexibility index (Phi) is 4.77. The van der Waals surface area contributed by atoms with Crippen LogP contribution in [0.4, 0.5) is 0 Å². The van der Waals surface area contributed by atoms with Gasteiger partial charge >= 0.3 is 0 Å². The van der Waals surface area contributed by atoms with Crippen molar-refractivity contribution in [1.29, 1.82) is 0 Å². The van der Waals surface area contributed by atoms with Crippen LogP contribution < -0.4 is 0 Å². The van der Waals surface area contributed by atoms with E-state index >= 15 is 0 Å². The number of aliphatic hydroxyl groups is 1. The Labute approximate surface area is 119 Å². The monoisotopic (exact) mass is 281 g/mol. The Morgan fingerprint density at radius 2 is 2.20 bits per heavy atom. The summed E-state index contributed by atoms with van der Waals surface area (Å²) in [6.45, 7) is 6.24. The van der Waals surface area contributed by atoms with Crippen molar-refractivity contribution in [3.05, 3.63) is 17.5 Å². The first-order chi connectivity index (χ1) is 9.47. The molecule has 2 rings (SSSR count). The minimum absolute atomic E-state index is 0.121. The Bertz CT molecular complexity index is 450. The summed E-state index contributed by atoms with van der Waals surface area (Å²) in [6, 6.07) is 1.85. The summed E-state index contributed by atoms with van der Waals surface area (Å²) in [7, 11) is 1.76. The summed E-state index contributed by atoms with van der Waals surface area (Å²) in [5.74, 6) is 0.575. The lowest BCUT2D eigenvalue weighted by molar-refractivity contribution is 0.0732. The maximum Gasteiger partial charge on any atom is 0.276 e. The fourth-order valence-electron chi connectivity index (χ4n) is 2.20. The van der Waals surface area contributed by atoms with Crippen molar-refractivity contribution < 1.29 is 14.4 Å². The number of piperidine rings is 1. The first-order valence-corrected chi connectivity index (χ1v) is 7.10. The molecule has 1 aliphatic rings. The van der Waals surface area contributed by atoms with E-state index < -0.39 is 0 Å². The van der Waals surface area contributed by atoms with E-state index in [2.05, 4.69) is 10.1 Å². The van der Waals surface area contributed by atoms with E-state index in [4.69, 9.17) is 4.52 Å². The van der Waals surface area contributed by atoms with Crippen LogP contribution in [-0.2, 0) is 6.54 Å². The van der Waals surface area contributed by atoms with Crippen LogP contribution in [0.25, 0.3) is 0 Å². The number of aromatic nitrogens is 1. The summed E-state index contributed by atoms with van der Waals surface area (Å²) >= 11 is 0. The van der Waals surface area contributed by atoms with Gasteiger partial charge in [-0.3, -0.25) is 9.69 Å². The van der Waals surface area contributed by atoms with E-state index in [1.807, 2.05) is 13.8 Å². The lowest BCUT2D eigenvalue weighted by atomic mass is 10.1. The van der Waals surface area contributed by atoms with Crippen molar-refractivity contribution in [2.24, 2.45) is 0 Å². The highest BCUT2D eigenvalue weighted by Gasteiger charge is 2.21. The summed E-state index contributed by atoms with van der Waals surface area (Å²) in [4.78, 5) is 15.9. The molecule has 0 unspecified atom stereocenters. The molecule has 0 spiro atoms. The standard InChI is InChI=1S/C14H23N3O3/c1-10(2)16(3)14(19)13-8-12(20-15-13)9-17-6-4-11(18)5-7-17/h8,10-11,18H,4-7,9H2,1-3H3. The van der Waals surface area contributed by atoms with Gasteiger partial charge in [-0.15, -0.1) is 0 Å². The van der Waals surface area contributed by atoms with Gasteiger partial charge in [0.25, 0.3) is 5.91 Å². The third-order valence-electron chi connectivity index (χ3n) is 3.81. The molecule has 1 N–H and O–H groups in total. The molecule has 6 nitrogen and oxygen atoms in total. The van der Waals surface area contributed by atoms with Crippen molar-refractivity contribution in [1.82, 2.24) is 15.0 Å².